The van der Waals surface area contributed by atoms with Gasteiger partial charge in [0.05, 0.1) is 10.6 Å². The summed E-state index contributed by atoms with van der Waals surface area (Å²) in [5, 5.41) is 0. The van der Waals surface area contributed by atoms with Crippen molar-refractivity contribution in [1.82, 2.24) is 4.68 Å². The van der Waals surface area contributed by atoms with Gasteiger partial charge in [0.25, 0.3) is 10.0 Å². The number of benzene rings is 3. The second-order valence-electron chi connectivity index (χ2n) is 7.23. The molecule has 0 aliphatic rings. The minimum Gasteiger partial charge on any atom is -0.250 e. The van der Waals surface area contributed by atoms with Crippen molar-refractivity contribution in [3.8, 4) is 22.4 Å². The molecule has 3 aromatic carbocycles. The van der Waals surface area contributed by atoms with Crippen molar-refractivity contribution in [2.24, 2.45) is 0 Å². The van der Waals surface area contributed by atoms with Gasteiger partial charge in [0.15, 0.2) is 0 Å². The number of rotatable bonds is 6. The second-order valence-corrected chi connectivity index (χ2v) is 8.89. The molecule has 30 heavy (non-hydrogen) atoms. The van der Waals surface area contributed by atoms with E-state index in [9.17, 15) is 8.42 Å². The molecular formula is C25H24N2O2S. The summed E-state index contributed by atoms with van der Waals surface area (Å²) in [5.74, 6) is 0. The van der Waals surface area contributed by atoms with Gasteiger partial charge in [0, 0.05) is 16.8 Å². The summed E-state index contributed by atoms with van der Waals surface area (Å²) in [6.07, 6.45) is 0.684. The maximum atomic E-state index is 13.2. The summed E-state index contributed by atoms with van der Waals surface area (Å²) < 4.78 is 28.1. The summed E-state index contributed by atoms with van der Waals surface area (Å²) in [5.41, 5.74) is 5.71. The monoisotopic (exact) mass is 416 g/mol. The quantitative estimate of drug-likeness (QED) is 0.443. The van der Waals surface area contributed by atoms with Crippen LogP contribution >= 0.6 is 0 Å². The van der Waals surface area contributed by atoms with Crippen LogP contribution in [-0.4, -0.2) is 13.1 Å². The molecule has 0 saturated heterocycles. The van der Waals surface area contributed by atoms with Gasteiger partial charge in [-0.3, -0.25) is 0 Å². The van der Waals surface area contributed by atoms with E-state index in [0.29, 0.717) is 6.42 Å². The zero-order valence-electron chi connectivity index (χ0n) is 17.0. The van der Waals surface area contributed by atoms with Crippen molar-refractivity contribution in [3.05, 3.63) is 102 Å². The molecule has 0 bridgehead atoms. The molecule has 0 aliphatic carbocycles. The first kappa shape index (κ1) is 20.0. The van der Waals surface area contributed by atoms with Gasteiger partial charge < -0.3 is 0 Å². The van der Waals surface area contributed by atoms with E-state index >= 15 is 0 Å². The zero-order valence-corrected chi connectivity index (χ0v) is 17.9. The first-order chi connectivity index (χ1) is 14.5. The summed E-state index contributed by atoms with van der Waals surface area (Å²) >= 11 is 0. The van der Waals surface area contributed by atoms with Crippen molar-refractivity contribution in [2.75, 3.05) is 4.83 Å². The molecule has 0 saturated carbocycles. The van der Waals surface area contributed by atoms with Crippen LogP contribution in [0.5, 0.6) is 0 Å². The molecule has 1 aromatic heterocycles. The van der Waals surface area contributed by atoms with E-state index in [2.05, 4.69) is 10.9 Å². The van der Waals surface area contributed by atoms with Gasteiger partial charge >= 0.3 is 0 Å². The molecule has 0 spiro atoms. The SMILES string of the molecule is CCc1cc(-c2ccccc2)c(-c2ccccc2)n1NS(=O)(=O)c1ccc(C)cc1. The molecule has 0 aliphatic heterocycles. The Kier molecular flexibility index (Phi) is 5.46. The van der Waals surface area contributed by atoms with Crippen LogP contribution in [0.15, 0.2) is 95.9 Å². The van der Waals surface area contributed by atoms with Gasteiger partial charge in [0.2, 0.25) is 0 Å². The minimum atomic E-state index is -3.75. The van der Waals surface area contributed by atoms with Crippen LogP contribution < -0.4 is 4.83 Å². The molecule has 152 valence electrons. The van der Waals surface area contributed by atoms with E-state index in [-0.39, 0.29) is 4.90 Å². The molecule has 1 heterocycles. The molecule has 5 heteroatoms. The van der Waals surface area contributed by atoms with Crippen LogP contribution in [0.1, 0.15) is 18.2 Å². The Morgan fingerprint density at radius 2 is 1.37 bits per heavy atom. The van der Waals surface area contributed by atoms with Crippen molar-refractivity contribution < 1.29 is 8.42 Å². The highest BCUT2D eigenvalue weighted by Crippen LogP contribution is 2.35. The molecule has 4 rings (SSSR count). The molecular weight excluding hydrogens is 392 g/mol. The highest BCUT2D eigenvalue weighted by molar-refractivity contribution is 7.92. The lowest BCUT2D eigenvalue weighted by Gasteiger charge is -2.17. The average molecular weight is 417 g/mol. The van der Waals surface area contributed by atoms with Gasteiger partial charge in [-0.25, -0.2) is 9.51 Å². The van der Waals surface area contributed by atoms with E-state index in [1.165, 1.54) is 0 Å². The first-order valence-electron chi connectivity index (χ1n) is 9.94. The molecule has 0 atom stereocenters. The molecule has 4 aromatic rings. The number of hydrogen-bond acceptors (Lipinski definition) is 2. The van der Waals surface area contributed by atoms with Crippen LogP contribution in [0.4, 0.5) is 0 Å². The number of aryl methyl sites for hydroxylation is 2. The lowest BCUT2D eigenvalue weighted by atomic mass is 10.0. The smallest absolute Gasteiger partial charge is 0.250 e. The van der Waals surface area contributed by atoms with E-state index in [0.717, 1.165) is 33.6 Å². The summed E-state index contributed by atoms with van der Waals surface area (Å²) in [7, 11) is -3.75. The third-order valence-electron chi connectivity index (χ3n) is 5.11. The highest BCUT2D eigenvalue weighted by atomic mass is 32.2. The van der Waals surface area contributed by atoms with Crippen LogP contribution in [0.2, 0.25) is 0 Å². The largest absolute Gasteiger partial charge is 0.275 e. The third-order valence-corrected chi connectivity index (χ3v) is 6.43. The van der Waals surface area contributed by atoms with Crippen LogP contribution in [-0.2, 0) is 16.4 Å². The fraction of sp³-hybridized carbons (Fsp3) is 0.120. The summed E-state index contributed by atoms with van der Waals surface area (Å²) in [4.78, 5) is 3.06. The van der Waals surface area contributed by atoms with Gasteiger partial charge in [-0.2, -0.15) is 8.42 Å². The van der Waals surface area contributed by atoms with Crippen LogP contribution in [0.3, 0.4) is 0 Å². The van der Waals surface area contributed by atoms with E-state index < -0.39 is 10.0 Å². The third kappa shape index (κ3) is 3.89. The molecule has 4 nitrogen and oxygen atoms in total. The number of aromatic nitrogens is 1. The number of nitrogens with one attached hydrogen (secondary N) is 1. The molecule has 0 amide bonds. The molecule has 0 radical (unpaired) electrons. The molecule has 1 N–H and O–H groups in total. The second kappa shape index (κ2) is 8.20. The average Bonchev–Trinajstić information content (AvgIpc) is 3.13. The Bertz CT molecular complexity index is 1240. The van der Waals surface area contributed by atoms with Crippen molar-refractivity contribution in [1.29, 1.82) is 0 Å². The number of nitrogens with zero attached hydrogens (tertiary/aromatic N) is 1. The number of sulfonamides is 1. The minimum absolute atomic E-state index is 0.240. The van der Waals surface area contributed by atoms with Crippen LogP contribution in [0.25, 0.3) is 22.4 Å². The van der Waals surface area contributed by atoms with Gasteiger partial charge in [-0.15, -0.1) is 0 Å². The fourth-order valence-electron chi connectivity index (χ4n) is 3.54. The zero-order chi connectivity index (χ0) is 21.1. The molecule has 0 fully saturated rings. The first-order valence-corrected chi connectivity index (χ1v) is 11.4. The van der Waals surface area contributed by atoms with E-state index in [1.807, 2.05) is 74.5 Å². The normalized spacial score (nSPS) is 11.4. The molecule has 0 unspecified atom stereocenters. The Morgan fingerprint density at radius 1 is 0.800 bits per heavy atom. The van der Waals surface area contributed by atoms with Crippen LogP contribution in [0, 0.1) is 6.92 Å². The Morgan fingerprint density at radius 3 is 1.93 bits per heavy atom. The predicted molar refractivity (Wildman–Crippen MR) is 122 cm³/mol. The van der Waals surface area contributed by atoms with Crippen molar-refractivity contribution in [3.63, 3.8) is 0 Å². The maximum absolute atomic E-state index is 13.2. The lowest BCUT2D eigenvalue weighted by molar-refractivity contribution is 0.594. The van der Waals surface area contributed by atoms with Crippen molar-refractivity contribution in [2.45, 2.75) is 25.2 Å². The Balaban J connectivity index is 1.90. The van der Waals surface area contributed by atoms with E-state index in [4.69, 9.17) is 0 Å². The van der Waals surface area contributed by atoms with Gasteiger partial charge in [-0.05, 0) is 37.1 Å². The summed E-state index contributed by atoms with van der Waals surface area (Å²) in [6, 6.07) is 28.8. The predicted octanol–water partition coefficient (Wildman–Crippen LogP) is 5.63. The van der Waals surface area contributed by atoms with Gasteiger partial charge in [0.1, 0.15) is 0 Å². The maximum Gasteiger partial charge on any atom is 0.275 e. The standard InChI is InChI=1S/C25H24N2O2S/c1-3-22-18-24(20-10-6-4-7-11-20)25(21-12-8-5-9-13-21)27(22)26-30(28,29)23-16-14-19(2)15-17-23/h4-18,26H,3H2,1-2H3. The Labute approximate surface area is 177 Å². The van der Waals surface area contributed by atoms with Crippen molar-refractivity contribution >= 4 is 10.0 Å². The Hall–Kier alpha value is -3.31. The summed E-state index contributed by atoms with van der Waals surface area (Å²) in [6.45, 7) is 3.96. The topological polar surface area (TPSA) is 51.1 Å². The van der Waals surface area contributed by atoms with Gasteiger partial charge in [-0.1, -0.05) is 85.3 Å². The van der Waals surface area contributed by atoms with E-state index in [1.54, 1.807) is 28.9 Å². The lowest BCUT2D eigenvalue weighted by Crippen LogP contribution is -2.25. The highest BCUT2D eigenvalue weighted by Gasteiger charge is 2.22. The number of hydrogen-bond donors (Lipinski definition) is 1. The fourth-order valence-corrected chi connectivity index (χ4v) is 4.59.